The van der Waals surface area contributed by atoms with Gasteiger partial charge in [0.05, 0.1) is 4.90 Å². The zero-order valence-electron chi connectivity index (χ0n) is 15.3. The van der Waals surface area contributed by atoms with E-state index >= 15 is 0 Å². The molecule has 0 atom stereocenters. The molecule has 0 radical (unpaired) electrons. The SMILES string of the molecule is CN1C(=O)CC(C)(C)c2cc(S(=O)(=O)NC3CCCCCC3)ccc21. The molecule has 138 valence electrons. The summed E-state index contributed by atoms with van der Waals surface area (Å²) in [5.74, 6) is 0.0599. The van der Waals surface area contributed by atoms with Crippen LogP contribution in [0.1, 0.15) is 64.4 Å². The summed E-state index contributed by atoms with van der Waals surface area (Å²) >= 11 is 0. The predicted octanol–water partition coefficient (Wildman–Crippen LogP) is 3.33. The van der Waals surface area contributed by atoms with E-state index in [0.717, 1.165) is 36.9 Å². The lowest BCUT2D eigenvalue weighted by Crippen LogP contribution is -2.40. The Labute approximate surface area is 150 Å². The molecule has 1 aromatic carbocycles. The molecule has 1 aliphatic carbocycles. The molecular weight excluding hydrogens is 336 g/mol. The first-order valence-corrected chi connectivity index (χ1v) is 10.6. The molecule has 3 rings (SSSR count). The minimum atomic E-state index is -3.54. The van der Waals surface area contributed by atoms with Crippen LogP contribution < -0.4 is 9.62 Å². The van der Waals surface area contributed by atoms with Crippen molar-refractivity contribution in [2.75, 3.05) is 11.9 Å². The van der Waals surface area contributed by atoms with Gasteiger partial charge in [0, 0.05) is 30.6 Å². The van der Waals surface area contributed by atoms with E-state index in [4.69, 9.17) is 0 Å². The zero-order chi connectivity index (χ0) is 18.2. The quantitative estimate of drug-likeness (QED) is 0.837. The molecule has 6 heteroatoms. The van der Waals surface area contributed by atoms with Gasteiger partial charge < -0.3 is 4.90 Å². The summed E-state index contributed by atoms with van der Waals surface area (Å²) in [5, 5.41) is 0. The Kier molecular flexibility index (Phi) is 4.95. The van der Waals surface area contributed by atoms with E-state index in [1.165, 1.54) is 12.8 Å². The van der Waals surface area contributed by atoms with Gasteiger partial charge in [-0.2, -0.15) is 0 Å². The van der Waals surface area contributed by atoms with Crippen molar-refractivity contribution in [3.8, 4) is 0 Å². The highest BCUT2D eigenvalue weighted by atomic mass is 32.2. The average Bonchev–Trinajstić information content (AvgIpc) is 2.80. The Hall–Kier alpha value is -1.40. The fourth-order valence-corrected chi connectivity index (χ4v) is 5.26. The number of carbonyl (C=O) groups is 1. The van der Waals surface area contributed by atoms with Crippen LogP contribution in [0.3, 0.4) is 0 Å². The smallest absolute Gasteiger partial charge is 0.240 e. The van der Waals surface area contributed by atoms with Crippen LogP contribution in [0.25, 0.3) is 0 Å². The highest BCUT2D eigenvalue weighted by Crippen LogP contribution is 2.40. The van der Waals surface area contributed by atoms with Crippen molar-refractivity contribution in [3.05, 3.63) is 23.8 Å². The first-order chi connectivity index (χ1) is 11.7. The maximum Gasteiger partial charge on any atom is 0.240 e. The second-order valence-electron chi connectivity index (χ2n) is 8.00. The molecule has 1 aliphatic heterocycles. The number of fused-ring (bicyclic) bond motifs is 1. The Morgan fingerprint density at radius 1 is 1.12 bits per heavy atom. The third-order valence-electron chi connectivity index (χ3n) is 5.51. The Morgan fingerprint density at radius 3 is 2.40 bits per heavy atom. The van der Waals surface area contributed by atoms with Crippen LogP contribution in [0, 0.1) is 0 Å². The second kappa shape index (κ2) is 6.72. The van der Waals surface area contributed by atoms with Gasteiger partial charge >= 0.3 is 0 Å². The van der Waals surface area contributed by atoms with Crippen molar-refractivity contribution in [2.24, 2.45) is 0 Å². The van der Waals surface area contributed by atoms with Crippen molar-refractivity contribution < 1.29 is 13.2 Å². The molecule has 5 nitrogen and oxygen atoms in total. The molecular formula is C19H28N2O3S. The molecule has 25 heavy (non-hydrogen) atoms. The molecule has 0 spiro atoms. The number of benzene rings is 1. The molecule has 0 unspecified atom stereocenters. The summed E-state index contributed by atoms with van der Waals surface area (Å²) in [4.78, 5) is 14.1. The van der Waals surface area contributed by atoms with Crippen LogP contribution in [0.4, 0.5) is 5.69 Å². The monoisotopic (exact) mass is 364 g/mol. The normalized spacial score (nSPS) is 21.7. The number of rotatable bonds is 3. The van der Waals surface area contributed by atoms with E-state index in [-0.39, 0.29) is 17.4 Å². The molecule has 0 bridgehead atoms. The summed E-state index contributed by atoms with van der Waals surface area (Å²) in [5.41, 5.74) is 1.35. The summed E-state index contributed by atoms with van der Waals surface area (Å²) in [6, 6.07) is 5.15. The van der Waals surface area contributed by atoms with Crippen molar-refractivity contribution in [1.82, 2.24) is 4.72 Å². The third-order valence-corrected chi connectivity index (χ3v) is 7.03. The maximum absolute atomic E-state index is 12.9. The fraction of sp³-hybridized carbons (Fsp3) is 0.632. The van der Waals surface area contributed by atoms with Gasteiger partial charge in [-0.05, 0) is 36.6 Å². The van der Waals surface area contributed by atoms with Gasteiger partial charge in [0.2, 0.25) is 15.9 Å². The van der Waals surface area contributed by atoms with Crippen molar-refractivity contribution >= 4 is 21.6 Å². The number of sulfonamides is 1. The van der Waals surface area contributed by atoms with Crippen LogP contribution in [-0.4, -0.2) is 27.4 Å². The zero-order valence-corrected chi connectivity index (χ0v) is 16.2. The van der Waals surface area contributed by atoms with Gasteiger partial charge in [-0.3, -0.25) is 4.79 Å². The first-order valence-electron chi connectivity index (χ1n) is 9.14. The van der Waals surface area contributed by atoms with Crippen molar-refractivity contribution in [1.29, 1.82) is 0 Å². The second-order valence-corrected chi connectivity index (χ2v) is 9.72. The van der Waals surface area contributed by atoms with E-state index in [2.05, 4.69) is 4.72 Å². The number of carbonyl (C=O) groups excluding carboxylic acids is 1. The van der Waals surface area contributed by atoms with E-state index in [9.17, 15) is 13.2 Å². The summed E-state index contributed by atoms with van der Waals surface area (Å²) < 4.78 is 28.6. The van der Waals surface area contributed by atoms with Crippen LogP contribution in [-0.2, 0) is 20.2 Å². The van der Waals surface area contributed by atoms with Gasteiger partial charge in [-0.15, -0.1) is 0 Å². The Morgan fingerprint density at radius 2 is 1.76 bits per heavy atom. The fourth-order valence-electron chi connectivity index (χ4n) is 3.93. The van der Waals surface area contributed by atoms with Crippen LogP contribution in [0.15, 0.2) is 23.1 Å². The van der Waals surface area contributed by atoms with Crippen LogP contribution in [0.2, 0.25) is 0 Å². The third kappa shape index (κ3) is 3.75. The molecule has 2 aliphatic rings. The summed E-state index contributed by atoms with van der Waals surface area (Å²) in [6.45, 7) is 3.98. The molecule has 0 aromatic heterocycles. The van der Waals surface area contributed by atoms with Crippen molar-refractivity contribution in [2.45, 2.75) is 75.1 Å². The Bertz CT molecular complexity index is 763. The van der Waals surface area contributed by atoms with Crippen molar-refractivity contribution in [3.63, 3.8) is 0 Å². The first kappa shape index (κ1) is 18.4. The lowest BCUT2D eigenvalue weighted by atomic mass is 9.77. The lowest BCUT2D eigenvalue weighted by molar-refractivity contribution is -0.119. The molecule has 0 saturated heterocycles. The molecule has 1 fully saturated rings. The Balaban J connectivity index is 1.91. The minimum Gasteiger partial charge on any atom is -0.315 e. The largest absolute Gasteiger partial charge is 0.315 e. The van der Waals surface area contributed by atoms with E-state index < -0.39 is 10.0 Å². The minimum absolute atomic E-state index is 0.0285. The lowest BCUT2D eigenvalue weighted by Gasteiger charge is -2.37. The number of nitrogens with one attached hydrogen (secondary N) is 1. The topological polar surface area (TPSA) is 66.5 Å². The van der Waals surface area contributed by atoms with Crippen LogP contribution >= 0.6 is 0 Å². The van der Waals surface area contributed by atoms with Gasteiger partial charge in [0.1, 0.15) is 0 Å². The average molecular weight is 365 g/mol. The van der Waals surface area contributed by atoms with Gasteiger partial charge in [-0.1, -0.05) is 39.5 Å². The van der Waals surface area contributed by atoms with Gasteiger partial charge in [-0.25, -0.2) is 13.1 Å². The van der Waals surface area contributed by atoms with E-state index in [0.29, 0.717) is 11.3 Å². The number of nitrogens with zero attached hydrogens (tertiary/aromatic N) is 1. The molecule has 1 amide bonds. The predicted molar refractivity (Wildman–Crippen MR) is 99.3 cm³/mol. The number of hydrogen-bond acceptors (Lipinski definition) is 3. The standard InChI is InChI=1S/C19H28N2O3S/c1-19(2)13-18(22)21(3)17-11-10-15(12-16(17)19)25(23,24)20-14-8-6-4-5-7-9-14/h10-12,14,20H,4-9,13H2,1-3H3. The summed E-state index contributed by atoms with van der Waals surface area (Å²) in [6.07, 6.45) is 6.74. The highest BCUT2D eigenvalue weighted by Gasteiger charge is 2.36. The molecule has 1 saturated carbocycles. The molecule has 1 aromatic rings. The van der Waals surface area contributed by atoms with E-state index in [1.54, 1.807) is 30.1 Å². The number of hydrogen-bond donors (Lipinski definition) is 1. The van der Waals surface area contributed by atoms with Gasteiger partial charge in [0.15, 0.2) is 0 Å². The van der Waals surface area contributed by atoms with Gasteiger partial charge in [0.25, 0.3) is 0 Å². The number of amides is 1. The summed E-state index contributed by atoms with van der Waals surface area (Å²) in [7, 11) is -1.80. The van der Waals surface area contributed by atoms with Crippen LogP contribution in [0.5, 0.6) is 0 Å². The number of anilines is 1. The molecule has 1 heterocycles. The highest BCUT2D eigenvalue weighted by molar-refractivity contribution is 7.89. The maximum atomic E-state index is 12.9. The molecule has 1 N–H and O–H groups in total. The van der Waals surface area contributed by atoms with E-state index in [1.807, 2.05) is 13.8 Å².